The van der Waals surface area contributed by atoms with Gasteiger partial charge >= 0.3 is 0 Å². The maximum Gasteiger partial charge on any atom is 0.256 e. The fourth-order valence-electron chi connectivity index (χ4n) is 3.07. The molecule has 0 aliphatic carbocycles. The fourth-order valence-corrected chi connectivity index (χ4v) is 3.07. The summed E-state index contributed by atoms with van der Waals surface area (Å²) < 4.78 is 5.73. The molecule has 0 spiro atoms. The minimum atomic E-state index is -0.497. The van der Waals surface area contributed by atoms with Crippen LogP contribution in [0.3, 0.4) is 0 Å². The lowest BCUT2D eigenvalue weighted by molar-refractivity contribution is 0.0997. The number of carbonyl (C=O) groups excluding carboxylic acids is 2. The maximum absolute atomic E-state index is 12.7. The van der Waals surface area contributed by atoms with Crippen molar-refractivity contribution in [3.63, 3.8) is 0 Å². The molecule has 0 saturated carbocycles. The van der Waals surface area contributed by atoms with E-state index in [2.05, 4.69) is 20.3 Å². The number of nitrogens with two attached hydrogens (primary N) is 1. The highest BCUT2D eigenvalue weighted by molar-refractivity contribution is 6.08. The Bertz CT molecular complexity index is 1240. The van der Waals surface area contributed by atoms with Gasteiger partial charge in [-0.2, -0.15) is 0 Å². The molecule has 8 nitrogen and oxygen atoms in total. The van der Waals surface area contributed by atoms with Crippen LogP contribution in [0.15, 0.2) is 54.9 Å². The van der Waals surface area contributed by atoms with Crippen molar-refractivity contribution in [1.29, 1.82) is 0 Å². The van der Waals surface area contributed by atoms with E-state index in [0.29, 0.717) is 34.1 Å². The summed E-state index contributed by atoms with van der Waals surface area (Å²) in [5.41, 5.74) is 8.75. The molecule has 4 N–H and O–H groups in total. The molecule has 2 amide bonds. The molecule has 2 heterocycles. The highest BCUT2D eigenvalue weighted by Crippen LogP contribution is 2.26. The van der Waals surface area contributed by atoms with Gasteiger partial charge in [-0.15, -0.1) is 0 Å². The first-order valence-corrected chi connectivity index (χ1v) is 9.21. The number of carbonyl (C=O) groups is 2. The van der Waals surface area contributed by atoms with Gasteiger partial charge in [-0.1, -0.05) is 0 Å². The zero-order chi connectivity index (χ0) is 21.3. The normalized spacial score (nSPS) is 10.7. The Kier molecular flexibility index (Phi) is 4.89. The Morgan fingerprint density at radius 1 is 0.933 bits per heavy atom. The second-order valence-electron chi connectivity index (χ2n) is 6.79. The number of H-pyrrole nitrogens is 1. The van der Waals surface area contributed by atoms with Crippen molar-refractivity contribution < 1.29 is 14.3 Å². The number of ether oxygens (including phenoxy) is 1. The van der Waals surface area contributed by atoms with E-state index in [1.807, 2.05) is 13.8 Å². The number of anilines is 1. The number of aryl methyl sites for hydroxylation is 2. The van der Waals surface area contributed by atoms with E-state index in [0.717, 1.165) is 16.6 Å². The van der Waals surface area contributed by atoms with Crippen molar-refractivity contribution in [1.82, 2.24) is 15.0 Å². The van der Waals surface area contributed by atoms with Crippen molar-refractivity contribution in [2.24, 2.45) is 5.73 Å². The minimum absolute atomic E-state index is 0.286. The summed E-state index contributed by atoms with van der Waals surface area (Å²) in [7, 11) is 0. The Hall–Kier alpha value is -4.20. The summed E-state index contributed by atoms with van der Waals surface area (Å²) in [4.78, 5) is 35.4. The highest BCUT2D eigenvalue weighted by Gasteiger charge is 2.14. The predicted molar refractivity (Wildman–Crippen MR) is 113 cm³/mol. The molecule has 30 heavy (non-hydrogen) atoms. The van der Waals surface area contributed by atoms with Gasteiger partial charge in [-0.05, 0) is 67.9 Å². The first-order valence-electron chi connectivity index (χ1n) is 9.21. The van der Waals surface area contributed by atoms with Gasteiger partial charge in [0.25, 0.3) is 5.91 Å². The number of amides is 2. The molecule has 4 aromatic rings. The highest BCUT2D eigenvalue weighted by atomic mass is 16.5. The molecule has 0 saturated heterocycles. The van der Waals surface area contributed by atoms with Gasteiger partial charge in [0, 0.05) is 16.8 Å². The summed E-state index contributed by atoms with van der Waals surface area (Å²) in [6.07, 6.45) is 1.41. The van der Waals surface area contributed by atoms with Crippen molar-refractivity contribution in [3.8, 4) is 11.5 Å². The number of nitrogens with zero attached hydrogens (tertiary/aromatic N) is 2. The molecule has 0 atom stereocenters. The van der Waals surface area contributed by atoms with Gasteiger partial charge in [0.15, 0.2) is 0 Å². The van der Waals surface area contributed by atoms with Crippen molar-refractivity contribution >= 4 is 28.7 Å². The van der Waals surface area contributed by atoms with E-state index in [1.54, 1.807) is 48.5 Å². The average molecular weight is 401 g/mol. The van der Waals surface area contributed by atoms with Gasteiger partial charge in [0.1, 0.15) is 29.3 Å². The van der Waals surface area contributed by atoms with Crippen LogP contribution < -0.4 is 15.8 Å². The van der Waals surface area contributed by atoms with E-state index in [4.69, 9.17) is 10.5 Å². The Morgan fingerprint density at radius 3 is 2.13 bits per heavy atom. The quantitative estimate of drug-likeness (QED) is 0.470. The molecule has 0 fully saturated rings. The van der Waals surface area contributed by atoms with Gasteiger partial charge < -0.3 is 20.8 Å². The molecule has 2 aromatic heterocycles. The van der Waals surface area contributed by atoms with Crippen molar-refractivity contribution in [2.75, 3.05) is 5.32 Å². The van der Waals surface area contributed by atoms with E-state index >= 15 is 0 Å². The number of fused-ring (bicyclic) bond motifs is 1. The van der Waals surface area contributed by atoms with E-state index < -0.39 is 5.91 Å². The topological polar surface area (TPSA) is 123 Å². The summed E-state index contributed by atoms with van der Waals surface area (Å²) in [5, 5.41) is 3.64. The Morgan fingerprint density at radius 2 is 1.53 bits per heavy atom. The lowest BCUT2D eigenvalue weighted by atomic mass is 10.2. The standard InChI is InChI=1S/C22H19N5O3/c1-12-13(2)26-20-18(12)21(25-11-24-20)27-22(29)15-5-9-17(10-6-15)30-16-7-3-14(4-8-16)19(23)28/h3-11H,1-2H3,(H2,23,28)(H2,24,25,26,27,29). The molecular weight excluding hydrogens is 382 g/mol. The Labute approximate surface area is 172 Å². The number of rotatable bonds is 5. The summed E-state index contributed by atoms with van der Waals surface area (Å²) in [6, 6.07) is 13.2. The lowest BCUT2D eigenvalue weighted by Gasteiger charge is -2.08. The molecule has 0 radical (unpaired) electrons. The number of primary amides is 1. The summed E-state index contributed by atoms with van der Waals surface area (Å²) in [5.74, 6) is 0.786. The van der Waals surface area contributed by atoms with Crippen LogP contribution in [0.2, 0.25) is 0 Å². The first kappa shape index (κ1) is 19.1. The van der Waals surface area contributed by atoms with Crippen molar-refractivity contribution in [3.05, 3.63) is 77.2 Å². The number of hydrogen-bond donors (Lipinski definition) is 3. The van der Waals surface area contributed by atoms with Crippen LogP contribution in [-0.4, -0.2) is 26.8 Å². The second kappa shape index (κ2) is 7.67. The third kappa shape index (κ3) is 3.70. The molecule has 150 valence electrons. The van der Waals surface area contributed by atoms with Gasteiger partial charge in [-0.25, -0.2) is 9.97 Å². The van der Waals surface area contributed by atoms with Crippen LogP contribution in [0.25, 0.3) is 11.0 Å². The smallest absolute Gasteiger partial charge is 0.256 e. The average Bonchev–Trinajstić information content (AvgIpc) is 3.03. The lowest BCUT2D eigenvalue weighted by Crippen LogP contribution is -2.13. The third-order valence-corrected chi connectivity index (χ3v) is 4.81. The van der Waals surface area contributed by atoms with Crippen LogP contribution in [-0.2, 0) is 0 Å². The van der Waals surface area contributed by atoms with Crippen LogP contribution in [0.5, 0.6) is 11.5 Å². The van der Waals surface area contributed by atoms with Crippen LogP contribution in [0, 0.1) is 13.8 Å². The van der Waals surface area contributed by atoms with E-state index in [-0.39, 0.29) is 5.91 Å². The predicted octanol–water partition coefficient (Wildman–Crippen LogP) is 3.72. The maximum atomic E-state index is 12.7. The van der Waals surface area contributed by atoms with Crippen LogP contribution in [0.1, 0.15) is 32.0 Å². The van der Waals surface area contributed by atoms with Crippen LogP contribution >= 0.6 is 0 Å². The number of aromatic nitrogens is 3. The summed E-state index contributed by atoms with van der Waals surface area (Å²) in [6.45, 7) is 3.90. The van der Waals surface area contributed by atoms with Crippen molar-refractivity contribution in [2.45, 2.75) is 13.8 Å². The largest absolute Gasteiger partial charge is 0.457 e. The van der Waals surface area contributed by atoms with E-state index in [1.165, 1.54) is 6.33 Å². The Balaban J connectivity index is 1.49. The van der Waals surface area contributed by atoms with Gasteiger partial charge in [0.2, 0.25) is 5.91 Å². The third-order valence-electron chi connectivity index (χ3n) is 4.81. The fraction of sp³-hybridized carbons (Fsp3) is 0.0909. The first-order chi connectivity index (χ1) is 14.4. The molecule has 0 bridgehead atoms. The minimum Gasteiger partial charge on any atom is -0.457 e. The van der Waals surface area contributed by atoms with Gasteiger partial charge in [-0.3, -0.25) is 9.59 Å². The number of aromatic amines is 1. The number of hydrogen-bond acceptors (Lipinski definition) is 5. The zero-order valence-corrected chi connectivity index (χ0v) is 16.4. The molecule has 0 aliphatic heterocycles. The van der Waals surface area contributed by atoms with Crippen LogP contribution in [0.4, 0.5) is 5.82 Å². The molecule has 0 aliphatic rings. The molecular formula is C22H19N5O3. The zero-order valence-electron chi connectivity index (χ0n) is 16.4. The summed E-state index contributed by atoms with van der Waals surface area (Å²) >= 11 is 0. The molecule has 0 unspecified atom stereocenters. The molecule has 4 rings (SSSR count). The molecule has 2 aromatic carbocycles. The SMILES string of the molecule is Cc1[nH]c2ncnc(NC(=O)c3ccc(Oc4ccc(C(N)=O)cc4)cc3)c2c1C. The molecule has 8 heteroatoms. The van der Waals surface area contributed by atoms with E-state index in [9.17, 15) is 9.59 Å². The van der Waals surface area contributed by atoms with Gasteiger partial charge in [0.05, 0.1) is 5.39 Å². The number of benzene rings is 2. The second-order valence-corrected chi connectivity index (χ2v) is 6.79. The number of nitrogens with one attached hydrogen (secondary N) is 2. The monoisotopic (exact) mass is 401 g/mol.